The van der Waals surface area contributed by atoms with E-state index in [0.29, 0.717) is 26.2 Å². The fraction of sp³-hybridized carbons (Fsp3) is 0.588. The summed E-state index contributed by atoms with van der Waals surface area (Å²) < 4.78 is 5.67. The fourth-order valence-electron chi connectivity index (χ4n) is 3.63. The van der Waals surface area contributed by atoms with Crippen LogP contribution in [0.4, 0.5) is 4.79 Å². The van der Waals surface area contributed by atoms with Crippen molar-refractivity contribution >= 4 is 6.09 Å². The molecule has 2 rings (SSSR count). The summed E-state index contributed by atoms with van der Waals surface area (Å²) in [7, 11) is 0. The van der Waals surface area contributed by atoms with Crippen molar-refractivity contribution in [1.82, 2.24) is 0 Å². The van der Waals surface area contributed by atoms with Gasteiger partial charge < -0.3 is 9.84 Å². The molecule has 0 radical (unpaired) electrons. The molecule has 1 aromatic carbocycles. The van der Waals surface area contributed by atoms with Crippen LogP contribution in [0.15, 0.2) is 35.4 Å². The number of hydrogen-bond donors (Lipinski definition) is 1. The molecule has 24 heavy (non-hydrogen) atoms. The summed E-state index contributed by atoms with van der Waals surface area (Å²) in [5, 5.41) is 13.7. The quantitative estimate of drug-likeness (QED) is 0.382. The number of carbonyl (C=O) groups is 1. The van der Waals surface area contributed by atoms with E-state index in [1.54, 1.807) is 0 Å². The predicted molar refractivity (Wildman–Crippen MR) is 90.3 cm³/mol. The van der Waals surface area contributed by atoms with E-state index in [9.17, 15) is 9.90 Å². The zero-order chi connectivity index (χ0) is 17.8. The van der Waals surface area contributed by atoms with E-state index in [-0.39, 0.29) is 16.6 Å². The van der Waals surface area contributed by atoms with Gasteiger partial charge in [-0.2, -0.15) is 4.79 Å². The lowest BCUT2D eigenvalue weighted by atomic mass is 10.00. The number of benzene rings is 1. The van der Waals surface area contributed by atoms with Crippen molar-refractivity contribution in [3.05, 3.63) is 46.3 Å². The Morgan fingerprint density at radius 3 is 2.62 bits per heavy atom. The molecule has 130 valence electrons. The summed E-state index contributed by atoms with van der Waals surface area (Å²) in [5.74, 6) is 0. The molecule has 1 amide bonds. The fourth-order valence-corrected chi connectivity index (χ4v) is 3.63. The average molecular weight is 333 g/mol. The van der Waals surface area contributed by atoms with Crippen molar-refractivity contribution in [2.24, 2.45) is 5.11 Å². The van der Waals surface area contributed by atoms with Gasteiger partial charge in [0.25, 0.3) is 0 Å². The Hall–Kier alpha value is -2.08. The third-order valence-electron chi connectivity index (χ3n) is 4.84. The maximum Gasteiger partial charge on any atom is 0.514 e. The predicted octanol–water partition coefficient (Wildman–Crippen LogP) is 3.95. The highest BCUT2D eigenvalue weighted by Gasteiger charge is 2.59. The Kier molecular flexibility index (Phi) is 5.49. The second-order valence-electron chi connectivity index (χ2n) is 7.25. The number of rotatable bonds is 5. The summed E-state index contributed by atoms with van der Waals surface area (Å²) in [6.07, 6.45) is -0.381. The molecule has 0 spiro atoms. The second-order valence-corrected chi connectivity index (χ2v) is 7.25. The molecule has 1 fully saturated rings. The van der Waals surface area contributed by atoms with E-state index in [0.717, 1.165) is 5.56 Å². The van der Waals surface area contributed by atoms with Crippen LogP contribution in [0.2, 0.25) is 0 Å². The Bertz CT molecular complexity index is 622. The highest BCUT2D eigenvalue weighted by atomic mass is 16.5. The van der Waals surface area contributed by atoms with Crippen molar-refractivity contribution < 1.29 is 19.1 Å². The number of ether oxygens (including phenoxy) is 1. The Morgan fingerprint density at radius 2 is 2.08 bits per heavy atom. The number of carboxylic acid groups (broad SMARTS) is 1. The molecule has 7 nitrogen and oxygen atoms in total. The van der Waals surface area contributed by atoms with Gasteiger partial charge in [0.15, 0.2) is 0 Å². The standard InChI is InChI=1S/C17H24N4O3/c1-17(2,3)21(16(22)23)10-14(19-20-18)9-15(21)12-24-11-13-7-5-4-6-8-13/h4-8,14-15H,9-12H2,1-3H3/p+1/t14-,15-,21?/m1/s1. The van der Waals surface area contributed by atoms with Crippen LogP contribution < -0.4 is 0 Å². The number of likely N-dealkylation sites (tertiary alicyclic amines) is 1. The molecule has 1 heterocycles. The molecule has 0 aromatic heterocycles. The lowest BCUT2D eigenvalue weighted by Gasteiger charge is -2.44. The number of nitrogens with zero attached hydrogens (tertiary/aromatic N) is 4. The maximum atomic E-state index is 12.1. The van der Waals surface area contributed by atoms with Crippen LogP contribution in [0, 0.1) is 0 Å². The third-order valence-corrected chi connectivity index (χ3v) is 4.84. The average Bonchev–Trinajstić information content (AvgIpc) is 2.88. The van der Waals surface area contributed by atoms with E-state index in [4.69, 9.17) is 10.3 Å². The summed E-state index contributed by atoms with van der Waals surface area (Å²) in [5.41, 5.74) is 9.25. The molecule has 1 N–H and O–H groups in total. The van der Waals surface area contributed by atoms with Crippen LogP contribution in [0.3, 0.4) is 0 Å². The number of hydrogen-bond acceptors (Lipinski definition) is 3. The zero-order valence-corrected chi connectivity index (χ0v) is 14.4. The summed E-state index contributed by atoms with van der Waals surface area (Å²) in [6.45, 7) is 6.77. The highest BCUT2D eigenvalue weighted by molar-refractivity contribution is 5.58. The molecule has 1 aromatic rings. The molecule has 1 unspecified atom stereocenters. The van der Waals surface area contributed by atoms with Gasteiger partial charge in [-0.1, -0.05) is 35.4 Å². The molecule has 1 aliphatic rings. The van der Waals surface area contributed by atoms with Gasteiger partial charge in [0.1, 0.15) is 11.6 Å². The van der Waals surface area contributed by atoms with Crippen molar-refractivity contribution in [1.29, 1.82) is 0 Å². The van der Waals surface area contributed by atoms with Gasteiger partial charge in [0.2, 0.25) is 0 Å². The van der Waals surface area contributed by atoms with Gasteiger partial charge >= 0.3 is 6.09 Å². The molecule has 0 bridgehead atoms. The minimum atomic E-state index is -0.897. The largest absolute Gasteiger partial charge is 0.514 e. The number of azide groups is 1. The lowest BCUT2D eigenvalue weighted by Crippen LogP contribution is -2.66. The smallest absolute Gasteiger partial charge is 0.435 e. The van der Waals surface area contributed by atoms with Crippen LogP contribution in [0.25, 0.3) is 10.4 Å². The molecule has 3 atom stereocenters. The van der Waals surface area contributed by atoms with Gasteiger partial charge in [-0.3, -0.25) is 0 Å². The zero-order valence-electron chi connectivity index (χ0n) is 14.4. The van der Waals surface area contributed by atoms with Crippen LogP contribution in [0.5, 0.6) is 0 Å². The van der Waals surface area contributed by atoms with Crippen molar-refractivity contribution in [3.8, 4) is 0 Å². The van der Waals surface area contributed by atoms with E-state index in [1.165, 1.54) is 0 Å². The summed E-state index contributed by atoms with van der Waals surface area (Å²) in [4.78, 5) is 15.0. The summed E-state index contributed by atoms with van der Waals surface area (Å²) in [6, 6.07) is 9.20. The van der Waals surface area contributed by atoms with Gasteiger partial charge in [-0.25, -0.2) is 4.48 Å². The first kappa shape index (κ1) is 18.3. The van der Waals surface area contributed by atoms with Crippen LogP contribution >= 0.6 is 0 Å². The van der Waals surface area contributed by atoms with Gasteiger partial charge in [0.05, 0.1) is 25.8 Å². The Balaban J connectivity index is 2.17. The van der Waals surface area contributed by atoms with Crippen molar-refractivity contribution in [2.75, 3.05) is 13.2 Å². The van der Waals surface area contributed by atoms with E-state index < -0.39 is 11.6 Å². The molecule has 0 aliphatic carbocycles. The third kappa shape index (κ3) is 3.53. The first-order valence-electron chi connectivity index (χ1n) is 8.08. The lowest BCUT2D eigenvalue weighted by molar-refractivity contribution is -0.915. The number of amides is 1. The van der Waals surface area contributed by atoms with Gasteiger partial charge in [-0.15, -0.1) is 0 Å². The highest BCUT2D eigenvalue weighted by Crippen LogP contribution is 2.38. The van der Waals surface area contributed by atoms with Gasteiger partial charge in [0, 0.05) is 11.3 Å². The SMILES string of the molecule is CC(C)(C)[N+]1(C(=O)O)C[C@H](N=[N+]=[N-])C[C@@H]1COCc1ccccc1. The molecular formula is C17H25N4O3+. The Labute approximate surface area is 142 Å². The molecule has 0 saturated carbocycles. The monoisotopic (exact) mass is 333 g/mol. The van der Waals surface area contributed by atoms with E-state index in [2.05, 4.69) is 10.0 Å². The molecule has 1 saturated heterocycles. The van der Waals surface area contributed by atoms with Crippen LogP contribution in [-0.4, -0.2) is 46.5 Å². The van der Waals surface area contributed by atoms with E-state index >= 15 is 0 Å². The topological polar surface area (TPSA) is 95.3 Å². The first-order valence-corrected chi connectivity index (χ1v) is 8.08. The maximum absolute atomic E-state index is 12.1. The normalized spacial score (nSPS) is 26.8. The van der Waals surface area contributed by atoms with Gasteiger partial charge in [-0.05, 0) is 31.9 Å². The Morgan fingerprint density at radius 1 is 1.42 bits per heavy atom. The van der Waals surface area contributed by atoms with E-state index in [1.807, 2.05) is 51.1 Å². The van der Waals surface area contributed by atoms with Crippen LogP contribution in [0.1, 0.15) is 32.8 Å². The number of quaternary nitrogens is 1. The van der Waals surface area contributed by atoms with Crippen LogP contribution in [-0.2, 0) is 11.3 Å². The molecule has 7 heteroatoms. The minimum absolute atomic E-state index is 0.147. The summed E-state index contributed by atoms with van der Waals surface area (Å²) >= 11 is 0. The molecular weight excluding hydrogens is 308 g/mol. The first-order chi connectivity index (χ1) is 11.3. The van der Waals surface area contributed by atoms with Crippen molar-refractivity contribution in [3.63, 3.8) is 0 Å². The molecule has 1 aliphatic heterocycles. The van der Waals surface area contributed by atoms with Crippen molar-refractivity contribution in [2.45, 2.75) is 51.4 Å². The second kappa shape index (κ2) is 7.21. The minimum Gasteiger partial charge on any atom is -0.435 e.